The van der Waals surface area contributed by atoms with E-state index < -0.39 is 22.9 Å². The Morgan fingerprint density at radius 1 is 1.20 bits per heavy atom. The second-order valence-corrected chi connectivity index (χ2v) is 7.66. The Balaban J connectivity index is 2.07. The first kappa shape index (κ1) is 21.5. The average Bonchev–Trinajstić information content (AvgIpc) is 2.70. The molecule has 8 heteroatoms. The fraction of sp³-hybridized carbons (Fsp3) is 0.227. The Labute approximate surface area is 176 Å². The first-order valence-electron chi connectivity index (χ1n) is 9.30. The molecule has 0 atom stereocenters. The number of nitrogens with zero attached hydrogens (tertiary/aromatic N) is 1. The number of fused-ring (bicyclic) bond motifs is 1. The third-order valence-corrected chi connectivity index (χ3v) is 5.03. The van der Waals surface area contributed by atoms with Gasteiger partial charge in [-0.1, -0.05) is 43.6 Å². The molecule has 3 rings (SSSR count). The quantitative estimate of drug-likeness (QED) is 0.624. The van der Waals surface area contributed by atoms with Crippen LogP contribution < -0.4 is 10.9 Å². The maximum Gasteiger partial charge on any atom is 0.341 e. The van der Waals surface area contributed by atoms with E-state index in [4.69, 9.17) is 11.6 Å². The van der Waals surface area contributed by atoms with Gasteiger partial charge in [0.1, 0.15) is 11.4 Å². The smallest absolute Gasteiger partial charge is 0.341 e. The molecule has 1 aromatic carbocycles. The molecule has 2 aromatic heterocycles. The van der Waals surface area contributed by atoms with Gasteiger partial charge in [0.05, 0.1) is 10.5 Å². The molecular weight excluding hydrogens is 411 g/mol. The fourth-order valence-electron chi connectivity index (χ4n) is 3.10. The highest BCUT2D eigenvalue weighted by Gasteiger charge is 2.17. The number of aromatic nitrogens is 1. The first-order chi connectivity index (χ1) is 14.2. The Kier molecular flexibility index (Phi) is 6.22. The van der Waals surface area contributed by atoms with E-state index in [1.165, 1.54) is 22.7 Å². The lowest BCUT2D eigenvalue weighted by Crippen LogP contribution is -2.29. The normalized spacial score (nSPS) is 11.1. The second-order valence-electron chi connectivity index (χ2n) is 7.25. The lowest BCUT2D eigenvalue weighted by atomic mass is 10.0. The summed E-state index contributed by atoms with van der Waals surface area (Å²) in [7, 11) is 0. The van der Waals surface area contributed by atoms with Crippen molar-refractivity contribution in [3.05, 3.63) is 86.0 Å². The molecule has 0 aliphatic heterocycles. The van der Waals surface area contributed by atoms with Crippen molar-refractivity contribution in [3.63, 3.8) is 0 Å². The van der Waals surface area contributed by atoms with Crippen LogP contribution in [0, 0.1) is 11.7 Å². The van der Waals surface area contributed by atoms with Gasteiger partial charge in [0.2, 0.25) is 5.91 Å². The number of carboxylic acid groups (broad SMARTS) is 1. The molecule has 0 fully saturated rings. The van der Waals surface area contributed by atoms with Crippen molar-refractivity contribution in [2.24, 2.45) is 5.92 Å². The number of hydrogen-bond donors (Lipinski definition) is 2. The van der Waals surface area contributed by atoms with Gasteiger partial charge in [-0.25, -0.2) is 9.18 Å². The molecule has 156 valence electrons. The number of amides is 1. The van der Waals surface area contributed by atoms with Crippen LogP contribution in [0.15, 0.2) is 47.4 Å². The first-order valence-corrected chi connectivity index (χ1v) is 9.68. The van der Waals surface area contributed by atoms with Gasteiger partial charge >= 0.3 is 5.97 Å². The standard InChI is InChI=1S/C22H20ClFN2O4/c1-12(2)20(27)25-10-15-9-16(22(29)30)21(28)26-11-13(6-7-18(15)26)8-14-4-3-5-17(23)19(14)24/h3-7,9,11-12H,8,10H2,1-2H3,(H,25,27)(H,29,30). The zero-order valence-electron chi connectivity index (χ0n) is 16.4. The molecule has 2 N–H and O–H groups in total. The van der Waals surface area contributed by atoms with Crippen LogP contribution >= 0.6 is 11.6 Å². The molecule has 0 saturated heterocycles. The van der Waals surface area contributed by atoms with Gasteiger partial charge in [0, 0.05) is 25.1 Å². The van der Waals surface area contributed by atoms with Crippen LogP contribution in [0.1, 0.15) is 40.9 Å². The molecule has 1 amide bonds. The minimum Gasteiger partial charge on any atom is -0.477 e. The van der Waals surface area contributed by atoms with Crippen molar-refractivity contribution in [2.45, 2.75) is 26.8 Å². The number of rotatable bonds is 6. The van der Waals surface area contributed by atoms with Gasteiger partial charge in [0.25, 0.3) is 5.56 Å². The summed E-state index contributed by atoms with van der Waals surface area (Å²) in [5.74, 6) is -2.33. The van der Waals surface area contributed by atoms with Crippen molar-refractivity contribution in [1.82, 2.24) is 9.72 Å². The molecule has 0 aliphatic rings. The summed E-state index contributed by atoms with van der Waals surface area (Å²) in [4.78, 5) is 36.2. The van der Waals surface area contributed by atoms with Gasteiger partial charge < -0.3 is 10.4 Å². The van der Waals surface area contributed by atoms with Crippen LogP contribution in [-0.4, -0.2) is 21.4 Å². The third-order valence-electron chi connectivity index (χ3n) is 4.74. The molecular formula is C22H20ClFN2O4. The van der Waals surface area contributed by atoms with E-state index >= 15 is 0 Å². The summed E-state index contributed by atoms with van der Waals surface area (Å²) >= 11 is 5.83. The monoisotopic (exact) mass is 430 g/mol. The maximum absolute atomic E-state index is 14.2. The summed E-state index contributed by atoms with van der Waals surface area (Å²) in [6, 6.07) is 9.32. The minimum absolute atomic E-state index is 0.00167. The van der Waals surface area contributed by atoms with Crippen molar-refractivity contribution < 1.29 is 19.1 Å². The van der Waals surface area contributed by atoms with Crippen molar-refractivity contribution in [2.75, 3.05) is 0 Å². The number of halogens is 2. The maximum atomic E-state index is 14.2. The largest absolute Gasteiger partial charge is 0.477 e. The molecule has 0 unspecified atom stereocenters. The highest BCUT2D eigenvalue weighted by Crippen LogP contribution is 2.21. The number of nitrogens with one attached hydrogen (secondary N) is 1. The summed E-state index contributed by atoms with van der Waals surface area (Å²) < 4.78 is 15.5. The Morgan fingerprint density at radius 3 is 2.60 bits per heavy atom. The number of carboxylic acids is 1. The van der Waals surface area contributed by atoms with Gasteiger partial charge in [-0.15, -0.1) is 0 Å². The van der Waals surface area contributed by atoms with Crippen LogP contribution in [0.5, 0.6) is 0 Å². The molecule has 0 aliphatic carbocycles. The van der Waals surface area contributed by atoms with Gasteiger partial charge in [0.15, 0.2) is 0 Å². The predicted molar refractivity (Wildman–Crippen MR) is 112 cm³/mol. The summed E-state index contributed by atoms with van der Waals surface area (Å²) in [6.07, 6.45) is 1.66. The van der Waals surface area contributed by atoms with Crippen molar-refractivity contribution in [3.8, 4) is 0 Å². The van der Waals surface area contributed by atoms with E-state index in [-0.39, 0.29) is 29.8 Å². The molecule has 2 heterocycles. The van der Waals surface area contributed by atoms with Gasteiger partial charge in [-0.05, 0) is 34.9 Å². The lowest BCUT2D eigenvalue weighted by Gasteiger charge is -2.13. The molecule has 6 nitrogen and oxygen atoms in total. The average molecular weight is 431 g/mol. The number of carbonyl (C=O) groups is 2. The number of hydrogen-bond acceptors (Lipinski definition) is 3. The van der Waals surface area contributed by atoms with Crippen molar-refractivity contribution in [1.29, 1.82) is 0 Å². The zero-order valence-corrected chi connectivity index (χ0v) is 17.2. The zero-order chi connectivity index (χ0) is 22.0. The molecule has 0 spiro atoms. The highest BCUT2D eigenvalue weighted by atomic mass is 35.5. The van der Waals surface area contributed by atoms with E-state index in [9.17, 15) is 23.9 Å². The Morgan fingerprint density at radius 2 is 1.93 bits per heavy atom. The van der Waals surface area contributed by atoms with Crippen LogP contribution in [0.2, 0.25) is 5.02 Å². The SMILES string of the molecule is CC(C)C(=O)NCc1cc(C(=O)O)c(=O)n2cc(Cc3cccc(Cl)c3F)ccc12. The van der Waals surface area contributed by atoms with Gasteiger partial charge in [-0.2, -0.15) is 0 Å². The molecule has 3 aromatic rings. The lowest BCUT2D eigenvalue weighted by molar-refractivity contribution is -0.124. The van der Waals surface area contributed by atoms with E-state index in [1.807, 2.05) is 0 Å². The summed E-state index contributed by atoms with van der Waals surface area (Å²) in [5, 5.41) is 12.2. The number of benzene rings is 1. The Hall–Kier alpha value is -3.19. The number of carbonyl (C=O) groups excluding carboxylic acids is 1. The third kappa shape index (κ3) is 4.36. The fourth-order valence-corrected chi connectivity index (χ4v) is 3.30. The van der Waals surface area contributed by atoms with E-state index in [0.717, 1.165) is 0 Å². The van der Waals surface area contributed by atoms with E-state index in [2.05, 4.69) is 5.32 Å². The predicted octanol–water partition coefficient (Wildman–Crippen LogP) is 3.65. The van der Waals surface area contributed by atoms with Crippen LogP contribution in [0.3, 0.4) is 0 Å². The van der Waals surface area contributed by atoms with Crippen LogP contribution in [-0.2, 0) is 17.8 Å². The second kappa shape index (κ2) is 8.67. The topological polar surface area (TPSA) is 87.9 Å². The number of pyridine rings is 2. The van der Waals surface area contributed by atoms with Crippen LogP contribution in [0.25, 0.3) is 5.52 Å². The minimum atomic E-state index is -1.36. The highest BCUT2D eigenvalue weighted by molar-refractivity contribution is 6.30. The molecule has 0 radical (unpaired) electrons. The number of aromatic carboxylic acids is 1. The molecule has 0 saturated carbocycles. The van der Waals surface area contributed by atoms with Crippen LogP contribution in [0.4, 0.5) is 4.39 Å². The summed E-state index contributed by atoms with van der Waals surface area (Å²) in [6.45, 7) is 3.56. The van der Waals surface area contributed by atoms with Crippen molar-refractivity contribution >= 4 is 29.0 Å². The van der Waals surface area contributed by atoms with E-state index in [0.29, 0.717) is 22.2 Å². The molecule has 0 bridgehead atoms. The molecule has 30 heavy (non-hydrogen) atoms. The summed E-state index contributed by atoms with van der Waals surface area (Å²) in [5.41, 5.74) is 0.794. The van der Waals surface area contributed by atoms with Gasteiger partial charge in [-0.3, -0.25) is 14.0 Å². The van der Waals surface area contributed by atoms with E-state index in [1.54, 1.807) is 38.1 Å². The Bertz CT molecular complexity index is 1200.